The first kappa shape index (κ1) is 19.2. The Morgan fingerprint density at radius 1 is 1.03 bits per heavy atom. The molecule has 0 aliphatic carbocycles. The fourth-order valence-electron chi connectivity index (χ4n) is 3.17. The molecule has 6 nitrogen and oxygen atoms in total. The zero-order valence-corrected chi connectivity index (χ0v) is 16.5. The Morgan fingerprint density at radius 3 is 2.55 bits per heavy atom. The second-order valence-corrected chi connectivity index (χ2v) is 8.41. The van der Waals surface area contributed by atoms with Crippen molar-refractivity contribution in [3.05, 3.63) is 89.6 Å². The third kappa shape index (κ3) is 4.03. The highest BCUT2D eigenvalue weighted by molar-refractivity contribution is 7.89. The number of imidazole rings is 1. The second kappa shape index (κ2) is 7.73. The molecule has 0 aliphatic rings. The Labute approximate surface area is 168 Å². The van der Waals surface area contributed by atoms with E-state index in [-0.39, 0.29) is 17.3 Å². The molecular formula is C21H19FN4O2S. The first-order valence-corrected chi connectivity index (χ1v) is 10.5. The molecule has 1 N–H and O–H groups in total. The van der Waals surface area contributed by atoms with E-state index in [1.165, 1.54) is 12.1 Å². The molecule has 0 spiro atoms. The molecule has 0 saturated carbocycles. The topological polar surface area (TPSA) is 76.9 Å². The van der Waals surface area contributed by atoms with Crippen molar-refractivity contribution in [3.8, 4) is 0 Å². The molecule has 2 aromatic heterocycles. The molecule has 0 amide bonds. The number of pyridine rings is 1. The molecule has 2 heterocycles. The predicted molar refractivity (Wildman–Crippen MR) is 108 cm³/mol. The van der Waals surface area contributed by atoms with Gasteiger partial charge in [0, 0.05) is 6.20 Å². The molecule has 0 saturated heterocycles. The SMILES string of the molecule is Cc1ccccc1S(=O)(=O)NCc1nc2cccnc2n1Cc1ccc(F)cc1. The summed E-state index contributed by atoms with van der Waals surface area (Å²) in [6.07, 6.45) is 1.66. The summed E-state index contributed by atoms with van der Waals surface area (Å²) >= 11 is 0. The number of fused-ring (bicyclic) bond motifs is 1. The van der Waals surface area contributed by atoms with E-state index in [4.69, 9.17) is 0 Å². The summed E-state index contributed by atoms with van der Waals surface area (Å²) in [6.45, 7) is 2.16. The summed E-state index contributed by atoms with van der Waals surface area (Å²) in [6, 6.07) is 16.6. The number of benzene rings is 2. The van der Waals surface area contributed by atoms with Crippen LogP contribution in [0.15, 0.2) is 71.8 Å². The number of aromatic nitrogens is 3. The molecule has 148 valence electrons. The van der Waals surface area contributed by atoms with Crippen LogP contribution in [0.4, 0.5) is 4.39 Å². The largest absolute Gasteiger partial charge is 0.307 e. The summed E-state index contributed by atoms with van der Waals surface area (Å²) in [4.78, 5) is 9.16. The molecule has 0 aliphatic heterocycles. The van der Waals surface area contributed by atoms with E-state index >= 15 is 0 Å². The van der Waals surface area contributed by atoms with Gasteiger partial charge in [0.15, 0.2) is 5.65 Å². The van der Waals surface area contributed by atoms with Gasteiger partial charge in [-0.1, -0.05) is 30.3 Å². The van der Waals surface area contributed by atoms with Crippen LogP contribution in [0.1, 0.15) is 17.0 Å². The molecule has 8 heteroatoms. The number of nitrogens with one attached hydrogen (secondary N) is 1. The van der Waals surface area contributed by atoms with Gasteiger partial charge in [-0.3, -0.25) is 0 Å². The zero-order valence-electron chi connectivity index (χ0n) is 15.7. The van der Waals surface area contributed by atoms with Crippen molar-refractivity contribution < 1.29 is 12.8 Å². The second-order valence-electron chi connectivity index (χ2n) is 6.68. The number of halogens is 1. The number of nitrogens with zero attached hydrogens (tertiary/aromatic N) is 3. The van der Waals surface area contributed by atoms with Crippen molar-refractivity contribution >= 4 is 21.2 Å². The van der Waals surface area contributed by atoms with Gasteiger partial charge in [0.1, 0.15) is 17.2 Å². The number of sulfonamides is 1. The molecule has 0 fully saturated rings. The summed E-state index contributed by atoms with van der Waals surface area (Å²) in [7, 11) is -3.70. The van der Waals surface area contributed by atoms with E-state index in [9.17, 15) is 12.8 Å². The Morgan fingerprint density at radius 2 is 1.79 bits per heavy atom. The van der Waals surface area contributed by atoms with E-state index in [1.807, 2.05) is 10.6 Å². The van der Waals surface area contributed by atoms with Gasteiger partial charge in [-0.05, 0) is 48.4 Å². The van der Waals surface area contributed by atoms with Crippen LogP contribution >= 0.6 is 0 Å². The van der Waals surface area contributed by atoms with Crippen LogP contribution < -0.4 is 4.72 Å². The molecule has 4 rings (SSSR count). The normalized spacial score (nSPS) is 11.8. The average Bonchev–Trinajstić information content (AvgIpc) is 3.06. The summed E-state index contributed by atoms with van der Waals surface area (Å²) in [5, 5.41) is 0. The minimum absolute atomic E-state index is 0.00816. The van der Waals surface area contributed by atoms with Gasteiger partial charge >= 0.3 is 0 Å². The van der Waals surface area contributed by atoms with E-state index in [0.29, 0.717) is 29.1 Å². The van der Waals surface area contributed by atoms with Gasteiger partial charge < -0.3 is 4.57 Å². The van der Waals surface area contributed by atoms with Gasteiger partial charge in [0.2, 0.25) is 10.0 Å². The molecule has 0 unspecified atom stereocenters. The third-order valence-corrected chi connectivity index (χ3v) is 6.20. The minimum atomic E-state index is -3.70. The lowest BCUT2D eigenvalue weighted by Crippen LogP contribution is -2.26. The van der Waals surface area contributed by atoms with Crippen molar-refractivity contribution in [2.75, 3.05) is 0 Å². The highest BCUT2D eigenvalue weighted by Gasteiger charge is 2.19. The summed E-state index contributed by atoms with van der Waals surface area (Å²) in [5.41, 5.74) is 2.84. The molecule has 0 atom stereocenters. The van der Waals surface area contributed by atoms with Crippen LogP contribution in [0.5, 0.6) is 0 Å². The molecule has 0 bridgehead atoms. The standard InChI is InChI=1S/C21H19FN4O2S/c1-15-5-2-3-7-19(15)29(27,28)24-13-20-25-18-6-4-12-23-21(18)26(20)14-16-8-10-17(22)11-9-16/h2-12,24H,13-14H2,1H3. The van der Waals surface area contributed by atoms with E-state index in [2.05, 4.69) is 14.7 Å². The molecule has 0 radical (unpaired) electrons. The van der Waals surface area contributed by atoms with E-state index in [1.54, 1.807) is 55.6 Å². The Bertz CT molecular complexity index is 1270. The van der Waals surface area contributed by atoms with Crippen LogP contribution in [-0.2, 0) is 23.1 Å². The Hall–Kier alpha value is -3.10. The zero-order chi connectivity index (χ0) is 20.4. The van der Waals surface area contributed by atoms with Gasteiger partial charge in [-0.2, -0.15) is 0 Å². The number of hydrogen-bond acceptors (Lipinski definition) is 4. The van der Waals surface area contributed by atoms with Crippen LogP contribution in [0.3, 0.4) is 0 Å². The van der Waals surface area contributed by atoms with Crippen LogP contribution in [-0.4, -0.2) is 23.0 Å². The number of hydrogen-bond donors (Lipinski definition) is 1. The third-order valence-electron chi connectivity index (χ3n) is 4.64. The molecule has 2 aromatic carbocycles. The maximum absolute atomic E-state index is 13.2. The van der Waals surface area contributed by atoms with Crippen LogP contribution in [0.25, 0.3) is 11.2 Å². The molecule has 4 aromatic rings. The smallest absolute Gasteiger partial charge is 0.241 e. The summed E-state index contributed by atoms with van der Waals surface area (Å²) in [5.74, 6) is 0.216. The maximum Gasteiger partial charge on any atom is 0.241 e. The van der Waals surface area contributed by atoms with E-state index < -0.39 is 10.0 Å². The molecule has 29 heavy (non-hydrogen) atoms. The van der Waals surface area contributed by atoms with Gasteiger partial charge in [-0.25, -0.2) is 27.5 Å². The monoisotopic (exact) mass is 410 g/mol. The lowest BCUT2D eigenvalue weighted by molar-refractivity contribution is 0.576. The van der Waals surface area contributed by atoms with Crippen LogP contribution in [0, 0.1) is 12.7 Å². The van der Waals surface area contributed by atoms with Crippen LogP contribution in [0.2, 0.25) is 0 Å². The fraction of sp³-hybridized carbons (Fsp3) is 0.143. The number of rotatable bonds is 6. The first-order chi connectivity index (χ1) is 13.9. The van der Waals surface area contributed by atoms with E-state index in [0.717, 1.165) is 5.56 Å². The fourth-order valence-corrected chi connectivity index (χ4v) is 4.40. The van der Waals surface area contributed by atoms with Gasteiger partial charge in [-0.15, -0.1) is 0 Å². The van der Waals surface area contributed by atoms with Crippen molar-refractivity contribution in [2.24, 2.45) is 0 Å². The van der Waals surface area contributed by atoms with Crippen molar-refractivity contribution in [1.82, 2.24) is 19.3 Å². The van der Waals surface area contributed by atoms with Crippen molar-refractivity contribution in [1.29, 1.82) is 0 Å². The number of aryl methyl sites for hydroxylation is 1. The highest BCUT2D eigenvalue weighted by atomic mass is 32.2. The maximum atomic E-state index is 13.2. The summed E-state index contributed by atoms with van der Waals surface area (Å²) < 4.78 is 43.2. The van der Waals surface area contributed by atoms with Crippen molar-refractivity contribution in [2.45, 2.75) is 24.9 Å². The minimum Gasteiger partial charge on any atom is -0.307 e. The highest BCUT2D eigenvalue weighted by Crippen LogP contribution is 2.18. The Kier molecular flexibility index (Phi) is 5.12. The quantitative estimate of drug-likeness (QED) is 0.529. The van der Waals surface area contributed by atoms with Gasteiger partial charge in [0.05, 0.1) is 18.0 Å². The average molecular weight is 410 g/mol. The van der Waals surface area contributed by atoms with Gasteiger partial charge in [0.25, 0.3) is 0 Å². The lowest BCUT2D eigenvalue weighted by atomic mass is 10.2. The first-order valence-electron chi connectivity index (χ1n) is 9.04. The predicted octanol–water partition coefficient (Wildman–Crippen LogP) is 3.41. The molecular weight excluding hydrogens is 391 g/mol. The lowest BCUT2D eigenvalue weighted by Gasteiger charge is -2.11. The van der Waals surface area contributed by atoms with Crippen molar-refractivity contribution in [3.63, 3.8) is 0 Å². The Balaban J connectivity index is 1.66.